The van der Waals surface area contributed by atoms with Crippen LogP contribution in [0.25, 0.3) is 6.08 Å². The Labute approximate surface area is 131 Å². The average Bonchev–Trinajstić information content (AvgIpc) is 2.54. The number of hydrogen-bond donors (Lipinski definition) is 0. The summed E-state index contributed by atoms with van der Waals surface area (Å²) in [5.74, 6) is 1.39. The van der Waals surface area contributed by atoms with Gasteiger partial charge in [-0.25, -0.2) is 4.79 Å². The first-order valence-electron chi connectivity index (χ1n) is 7.22. The molecule has 2 aromatic rings. The smallest absolute Gasteiger partial charge is 0.336 e. The highest BCUT2D eigenvalue weighted by Crippen LogP contribution is 2.19. The summed E-state index contributed by atoms with van der Waals surface area (Å²) in [6.45, 7) is 4.25. The molecule has 0 bridgehead atoms. The van der Waals surface area contributed by atoms with Crippen LogP contribution in [-0.4, -0.2) is 13.1 Å². The van der Waals surface area contributed by atoms with Gasteiger partial charge < -0.3 is 9.47 Å². The first-order valence-corrected chi connectivity index (χ1v) is 7.22. The third kappa shape index (κ3) is 4.48. The van der Waals surface area contributed by atoms with Gasteiger partial charge in [-0.05, 0) is 47.4 Å². The number of carbonyl (C=O) groups is 1. The van der Waals surface area contributed by atoms with Crippen molar-refractivity contribution in [2.45, 2.75) is 19.8 Å². The van der Waals surface area contributed by atoms with Gasteiger partial charge in [-0.2, -0.15) is 0 Å². The molecule has 3 nitrogen and oxygen atoms in total. The van der Waals surface area contributed by atoms with Gasteiger partial charge in [0, 0.05) is 6.08 Å². The van der Waals surface area contributed by atoms with E-state index in [0.29, 0.717) is 11.7 Å². The fourth-order valence-corrected chi connectivity index (χ4v) is 1.95. The van der Waals surface area contributed by atoms with Crippen molar-refractivity contribution in [1.29, 1.82) is 0 Å². The topological polar surface area (TPSA) is 35.5 Å². The minimum atomic E-state index is -0.395. The van der Waals surface area contributed by atoms with Crippen molar-refractivity contribution in [1.82, 2.24) is 0 Å². The predicted octanol–water partition coefficient (Wildman–Crippen LogP) is 4.44. The van der Waals surface area contributed by atoms with Crippen LogP contribution in [0.5, 0.6) is 11.5 Å². The molecule has 22 heavy (non-hydrogen) atoms. The summed E-state index contributed by atoms with van der Waals surface area (Å²) in [6, 6.07) is 15.0. The Hall–Kier alpha value is -2.55. The molecule has 2 rings (SSSR count). The van der Waals surface area contributed by atoms with Crippen LogP contribution in [0.3, 0.4) is 0 Å². The van der Waals surface area contributed by atoms with Gasteiger partial charge in [0.05, 0.1) is 7.11 Å². The van der Waals surface area contributed by atoms with E-state index in [0.717, 1.165) is 11.3 Å². The monoisotopic (exact) mass is 296 g/mol. The van der Waals surface area contributed by atoms with Gasteiger partial charge in [0.1, 0.15) is 11.5 Å². The van der Waals surface area contributed by atoms with E-state index in [1.54, 1.807) is 13.2 Å². The molecular formula is C19H20O3. The molecule has 0 saturated carbocycles. The fraction of sp³-hybridized carbons (Fsp3) is 0.211. The van der Waals surface area contributed by atoms with Crippen LogP contribution in [-0.2, 0) is 4.79 Å². The summed E-state index contributed by atoms with van der Waals surface area (Å²) in [5, 5.41) is 0. The maximum atomic E-state index is 11.8. The third-order valence-electron chi connectivity index (χ3n) is 3.29. The SMILES string of the molecule is COc1ccc(/C=C/C(=O)Oc2ccc(C(C)C)cc2)cc1. The molecule has 114 valence electrons. The molecule has 3 heteroatoms. The van der Waals surface area contributed by atoms with Gasteiger partial charge in [0.25, 0.3) is 0 Å². The zero-order valence-corrected chi connectivity index (χ0v) is 13.1. The number of rotatable bonds is 5. The Morgan fingerprint density at radius 1 is 0.955 bits per heavy atom. The van der Waals surface area contributed by atoms with Crippen LogP contribution in [0.1, 0.15) is 30.9 Å². The summed E-state index contributed by atoms with van der Waals surface area (Å²) in [5.41, 5.74) is 2.13. The highest BCUT2D eigenvalue weighted by atomic mass is 16.5. The summed E-state index contributed by atoms with van der Waals surface area (Å²) >= 11 is 0. The number of esters is 1. The number of methoxy groups -OCH3 is 1. The predicted molar refractivity (Wildman–Crippen MR) is 88.2 cm³/mol. The molecule has 0 amide bonds. The lowest BCUT2D eigenvalue weighted by molar-refractivity contribution is -0.128. The maximum Gasteiger partial charge on any atom is 0.336 e. The second kappa shape index (κ2) is 7.46. The lowest BCUT2D eigenvalue weighted by Crippen LogP contribution is -2.03. The van der Waals surface area contributed by atoms with Crippen LogP contribution in [0.4, 0.5) is 0 Å². The maximum absolute atomic E-state index is 11.8. The van der Waals surface area contributed by atoms with Gasteiger partial charge in [0.15, 0.2) is 0 Å². The molecular weight excluding hydrogens is 276 g/mol. The Morgan fingerprint density at radius 3 is 2.09 bits per heavy atom. The van der Waals surface area contributed by atoms with E-state index in [-0.39, 0.29) is 0 Å². The van der Waals surface area contributed by atoms with Gasteiger partial charge in [-0.3, -0.25) is 0 Å². The number of ether oxygens (including phenoxy) is 2. The molecule has 0 aliphatic carbocycles. The van der Waals surface area contributed by atoms with Crippen molar-refractivity contribution in [3.63, 3.8) is 0 Å². The van der Waals surface area contributed by atoms with Crippen molar-refractivity contribution < 1.29 is 14.3 Å². The Morgan fingerprint density at radius 2 is 1.55 bits per heavy atom. The van der Waals surface area contributed by atoms with Crippen molar-refractivity contribution in [3.05, 3.63) is 65.7 Å². The molecule has 0 saturated heterocycles. The molecule has 0 N–H and O–H groups in total. The van der Waals surface area contributed by atoms with E-state index in [4.69, 9.17) is 9.47 Å². The number of hydrogen-bond acceptors (Lipinski definition) is 3. The van der Waals surface area contributed by atoms with Gasteiger partial charge >= 0.3 is 5.97 Å². The largest absolute Gasteiger partial charge is 0.497 e. The average molecular weight is 296 g/mol. The van der Waals surface area contributed by atoms with Gasteiger partial charge in [-0.1, -0.05) is 38.1 Å². The summed E-state index contributed by atoms with van der Waals surface area (Å²) in [4.78, 5) is 11.8. The van der Waals surface area contributed by atoms with Gasteiger partial charge in [0.2, 0.25) is 0 Å². The van der Waals surface area contributed by atoms with Crippen LogP contribution >= 0.6 is 0 Å². The van der Waals surface area contributed by atoms with Crippen molar-refractivity contribution in [2.75, 3.05) is 7.11 Å². The molecule has 0 aliphatic heterocycles. The molecule has 2 aromatic carbocycles. The minimum absolute atomic E-state index is 0.395. The van der Waals surface area contributed by atoms with Crippen molar-refractivity contribution >= 4 is 12.0 Å². The zero-order valence-electron chi connectivity index (χ0n) is 13.1. The van der Waals surface area contributed by atoms with E-state index >= 15 is 0 Å². The first-order chi connectivity index (χ1) is 10.6. The molecule has 0 aromatic heterocycles. The van der Waals surface area contributed by atoms with Gasteiger partial charge in [-0.15, -0.1) is 0 Å². The Bertz CT molecular complexity index is 637. The van der Waals surface area contributed by atoms with Crippen LogP contribution in [0.2, 0.25) is 0 Å². The van der Waals surface area contributed by atoms with E-state index in [1.807, 2.05) is 48.5 Å². The fourth-order valence-electron chi connectivity index (χ4n) is 1.95. The molecule has 0 atom stereocenters. The zero-order chi connectivity index (χ0) is 15.9. The van der Waals surface area contributed by atoms with E-state index in [2.05, 4.69) is 13.8 Å². The summed E-state index contributed by atoms with van der Waals surface area (Å²) < 4.78 is 10.3. The highest BCUT2D eigenvalue weighted by molar-refractivity contribution is 5.88. The summed E-state index contributed by atoms with van der Waals surface area (Å²) in [6.07, 6.45) is 3.13. The quantitative estimate of drug-likeness (QED) is 0.465. The lowest BCUT2D eigenvalue weighted by Gasteiger charge is -2.06. The molecule has 0 fully saturated rings. The standard InChI is InChI=1S/C19H20O3/c1-14(2)16-7-11-18(12-8-16)22-19(20)13-6-15-4-9-17(21-3)10-5-15/h4-14H,1-3H3/b13-6+. The normalized spacial score (nSPS) is 10.9. The van der Waals surface area contributed by atoms with Crippen LogP contribution < -0.4 is 9.47 Å². The first kappa shape index (κ1) is 15.8. The Kier molecular flexibility index (Phi) is 5.37. The highest BCUT2D eigenvalue weighted by Gasteiger charge is 2.02. The van der Waals surface area contributed by atoms with E-state index in [9.17, 15) is 4.79 Å². The number of carbonyl (C=O) groups excluding carboxylic acids is 1. The second-order valence-electron chi connectivity index (χ2n) is 5.25. The van der Waals surface area contributed by atoms with Crippen molar-refractivity contribution in [3.8, 4) is 11.5 Å². The minimum Gasteiger partial charge on any atom is -0.497 e. The van der Waals surface area contributed by atoms with Crippen LogP contribution in [0, 0.1) is 0 Å². The molecule has 0 aliphatic rings. The molecule has 0 heterocycles. The molecule has 0 radical (unpaired) electrons. The second-order valence-corrected chi connectivity index (χ2v) is 5.25. The number of benzene rings is 2. The van der Waals surface area contributed by atoms with E-state index < -0.39 is 5.97 Å². The molecule has 0 spiro atoms. The molecule has 0 unspecified atom stereocenters. The lowest BCUT2D eigenvalue weighted by atomic mass is 10.0. The van der Waals surface area contributed by atoms with Crippen LogP contribution in [0.15, 0.2) is 54.6 Å². The summed E-state index contributed by atoms with van der Waals surface area (Å²) in [7, 11) is 1.62. The third-order valence-corrected chi connectivity index (χ3v) is 3.29. The van der Waals surface area contributed by atoms with Crippen molar-refractivity contribution in [2.24, 2.45) is 0 Å². The van der Waals surface area contributed by atoms with E-state index in [1.165, 1.54) is 11.6 Å². The Balaban J connectivity index is 1.95.